The Labute approximate surface area is 163 Å². The topological polar surface area (TPSA) is 115 Å². The van der Waals surface area contributed by atoms with E-state index in [0.29, 0.717) is 10.6 Å². The summed E-state index contributed by atoms with van der Waals surface area (Å²) in [6, 6.07) is 15.5. The van der Waals surface area contributed by atoms with E-state index in [1.165, 1.54) is 29.5 Å². The summed E-state index contributed by atoms with van der Waals surface area (Å²) in [4.78, 5) is 19.6. The third kappa shape index (κ3) is 3.42. The number of hydrogen-bond acceptors (Lipinski definition) is 7. The lowest BCUT2D eigenvalue weighted by Gasteiger charge is -2.09. The van der Waals surface area contributed by atoms with Crippen LogP contribution in [0.1, 0.15) is 0 Å². The lowest BCUT2D eigenvalue weighted by molar-refractivity contribution is -0.387. The van der Waals surface area contributed by atoms with E-state index in [1.807, 2.05) is 6.07 Å². The van der Waals surface area contributed by atoms with Crippen LogP contribution in [-0.4, -0.2) is 23.3 Å². The van der Waals surface area contributed by atoms with Gasteiger partial charge in [-0.2, -0.15) is 0 Å². The molecule has 0 atom stereocenters. The fraction of sp³-hybridized carbons (Fsp3) is 0. The summed E-state index contributed by atoms with van der Waals surface area (Å²) in [7, 11) is -4.13. The fourth-order valence-electron chi connectivity index (χ4n) is 2.65. The predicted octanol–water partition coefficient (Wildman–Crippen LogP) is 4.07. The number of nitro groups is 1. The number of aromatic nitrogens is 2. The second-order valence-corrected chi connectivity index (χ2v) is 8.39. The minimum Gasteiger partial charge on any atom is -0.279 e. The molecule has 140 valence electrons. The van der Waals surface area contributed by atoms with Gasteiger partial charge in [-0.1, -0.05) is 35.6 Å². The number of pyridine rings is 1. The number of nitrogens with one attached hydrogen (secondary N) is 1. The first-order valence-electron chi connectivity index (χ1n) is 8.02. The Balaban J connectivity index is 1.69. The number of nitrogens with zero attached hydrogens (tertiary/aromatic N) is 3. The Morgan fingerprint density at radius 2 is 1.86 bits per heavy atom. The second-order valence-electron chi connectivity index (χ2n) is 5.76. The van der Waals surface area contributed by atoms with E-state index < -0.39 is 25.5 Å². The van der Waals surface area contributed by atoms with Gasteiger partial charge in [-0.05, 0) is 30.3 Å². The summed E-state index contributed by atoms with van der Waals surface area (Å²) in [5.74, 6) is 0. The Morgan fingerprint density at radius 1 is 1.04 bits per heavy atom. The molecule has 0 radical (unpaired) electrons. The molecule has 2 heterocycles. The van der Waals surface area contributed by atoms with Crippen molar-refractivity contribution in [2.24, 2.45) is 0 Å². The van der Waals surface area contributed by atoms with Gasteiger partial charge in [0.15, 0.2) is 4.90 Å². The van der Waals surface area contributed by atoms with Gasteiger partial charge in [0, 0.05) is 23.5 Å². The normalized spacial score (nSPS) is 11.4. The monoisotopic (exact) mass is 412 g/mol. The molecule has 0 saturated heterocycles. The van der Waals surface area contributed by atoms with Crippen LogP contribution >= 0.6 is 11.3 Å². The van der Waals surface area contributed by atoms with Crippen molar-refractivity contribution < 1.29 is 13.3 Å². The maximum Gasteiger partial charge on any atom is 0.289 e. The van der Waals surface area contributed by atoms with Crippen LogP contribution in [0.15, 0.2) is 71.8 Å². The second kappa shape index (κ2) is 6.98. The van der Waals surface area contributed by atoms with Crippen molar-refractivity contribution in [2.75, 3.05) is 4.72 Å². The Morgan fingerprint density at radius 3 is 2.64 bits per heavy atom. The largest absolute Gasteiger partial charge is 0.289 e. The van der Waals surface area contributed by atoms with Gasteiger partial charge in [0.05, 0.1) is 4.92 Å². The van der Waals surface area contributed by atoms with E-state index in [-0.39, 0.29) is 5.69 Å². The summed E-state index contributed by atoms with van der Waals surface area (Å²) in [5.41, 5.74) is 1.27. The first-order valence-corrected chi connectivity index (χ1v) is 10.3. The highest BCUT2D eigenvalue weighted by molar-refractivity contribution is 7.92. The third-order valence-corrected chi connectivity index (χ3v) is 6.34. The van der Waals surface area contributed by atoms with E-state index in [1.54, 1.807) is 36.5 Å². The summed E-state index contributed by atoms with van der Waals surface area (Å²) >= 11 is 1.39. The van der Waals surface area contributed by atoms with Gasteiger partial charge in [0.2, 0.25) is 0 Å². The van der Waals surface area contributed by atoms with Crippen LogP contribution in [0.5, 0.6) is 0 Å². The van der Waals surface area contributed by atoms with Crippen molar-refractivity contribution in [1.82, 2.24) is 9.97 Å². The van der Waals surface area contributed by atoms with E-state index in [2.05, 4.69) is 14.7 Å². The predicted molar refractivity (Wildman–Crippen MR) is 107 cm³/mol. The zero-order valence-corrected chi connectivity index (χ0v) is 15.8. The molecule has 0 aliphatic carbocycles. The van der Waals surface area contributed by atoms with Gasteiger partial charge in [-0.25, -0.2) is 18.4 Å². The van der Waals surface area contributed by atoms with Crippen LogP contribution in [0, 0.1) is 10.1 Å². The number of hydrogen-bond donors (Lipinski definition) is 1. The molecule has 0 bridgehead atoms. The maximum absolute atomic E-state index is 12.7. The molecule has 2 aromatic heterocycles. The van der Waals surface area contributed by atoms with Crippen molar-refractivity contribution in [3.05, 3.63) is 77.0 Å². The summed E-state index contributed by atoms with van der Waals surface area (Å²) < 4.78 is 27.8. The number of para-hydroxylation sites is 1. The Bertz CT molecular complexity index is 1270. The number of benzene rings is 2. The smallest absolute Gasteiger partial charge is 0.279 e. The van der Waals surface area contributed by atoms with Gasteiger partial charge in [0.1, 0.15) is 15.4 Å². The van der Waals surface area contributed by atoms with Crippen LogP contribution in [0.4, 0.5) is 11.4 Å². The summed E-state index contributed by atoms with van der Waals surface area (Å²) in [6.07, 6.45) is 1.68. The van der Waals surface area contributed by atoms with E-state index >= 15 is 0 Å². The Hall–Kier alpha value is -3.37. The van der Waals surface area contributed by atoms with E-state index in [9.17, 15) is 18.5 Å². The van der Waals surface area contributed by atoms with Crippen molar-refractivity contribution in [3.8, 4) is 10.6 Å². The van der Waals surface area contributed by atoms with E-state index in [4.69, 9.17) is 0 Å². The minimum atomic E-state index is -4.13. The van der Waals surface area contributed by atoms with Gasteiger partial charge in [0.25, 0.3) is 15.7 Å². The average Bonchev–Trinajstić information content (AvgIpc) is 3.12. The van der Waals surface area contributed by atoms with Crippen molar-refractivity contribution >= 4 is 43.1 Å². The van der Waals surface area contributed by atoms with Crippen molar-refractivity contribution in [1.29, 1.82) is 0 Å². The van der Waals surface area contributed by atoms with Crippen molar-refractivity contribution in [2.45, 2.75) is 4.90 Å². The highest BCUT2D eigenvalue weighted by Crippen LogP contribution is 2.31. The average molecular weight is 412 g/mol. The van der Waals surface area contributed by atoms with Gasteiger partial charge >= 0.3 is 0 Å². The van der Waals surface area contributed by atoms with Gasteiger partial charge < -0.3 is 0 Å². The molecule has 0 unspecified atom stereocenters. The maximum atomic E-state index is 12.7. The first-order chi connectivity index (χ1) is 13.4. The number of sulfonamides is 1. The van der Waals surface area contributed by atoms with Crippen LogP contribution in [0.25, 0.3) is 20.9 Å². The van der Waals surface area contributed by atoms with Gasteiger partial charge in [-0.3, -0.25) is 14.8 Å². The molecular weight excluding hydrogens is 400 g/mol. The quantitative estimate of drug-likeness (QED) is 0.390. The number of anilines is 1. The molecule has 28 heavy (non-hydrogen) atoms. The molecule has 1 N–H and O–H groups in total. The first kappa shape index (κ1) is 18.0. The summed E-state index contributed by atoms with van der Waals surface area (Å²) in [5, 5.41) is 11.8. The molecule has 0 aliphatic rings. The highest BCUT2D eigenvalue weighted by atomic mass is 32.2. The summed E-state index contributed by atoms with van der Waals surface area (Å²) in [6.45, 7) is 0. The molecule has 0 saturated carbocycles. The third-order valence-electron chi connectivity index (χ3n) is 3.88. The molecule has 4 rings (SSSR count). The number of fused-ring (bicyclic) bond motifs is 1. The fourth-order valence-corrected chi connectivity index (χ4v) is 4.78. The molecule has 0 fully saturated rings. The molecule has 0 spiro atoms. The Kier molecular flexibility index (Phi) is 4.49. The molecular formula is C18H12N4O4S2. The van der Waals surface area contributed by atoms with Crippen LogP contribution in [0.2, 0.25) is 0 Å². The molecule has 0 amide bonds. The lowest BCUT2D eigenvalue weighted by Crippen LogP contribution is -2.14. The van der Waals surface area contributed by atoms with Crippen LogP contribution < -0.4 is 4.72 Å². The standard InChI is InChI=1S/C18H12N4O4S2/c23-22(24)15-8-1-2-9-16(15)28(25,26)21-13-6-3-5-12(11-13)17-20-14-7-4-10-19-18(14)27-17/h1-11,21H. The van der Waals surface area contributed by atoms with Gasteiger partial charge in [-0.15, -0.1) is 0 Å². The van der Waals surface area contributed by atoms with Crippen LogP contribution in [0.3, 0.4) is 0 Å². The molecule has 4 aromatic rings. The lowest BCUT2D eigenvalue weighted by atomic mass is 10.2. The van der Waals surface area contributed by atoms with Crippen LogP contribution in [-0.2, 0) is 10.0 Å². The van der Waals surface area contributed by atoms with Crippen molar-refractivity contribution in [3.63, 3.8) is 0 Å². The zero-order valence-electron chi connectivity index (χ0n) is 14.1. The molecule has 2 aromatic carbocycles. The van der Waals surface area contributed by atoms with E-state index in [0.717, 1.165) is 16.4 Å². The number of thiazole rings is 1. The molecule has 0 aliphatic heterocycles. The zero-order chi connectivity index (χ0) is 19.7. The number of rotatable bonds is 5. The highest BCUT2D eigenvalue weighted by Gasteiger charge is 2.25. The molecule has 10 heteroatoms. The minimum absolute atomic E-state index is 0.280. The number of nitro benzene ring substituents is 1. The SMILES string of the molecule is O=[N+]([O-])c1ccccc1S(=O)(=O)Nc1cccc(-c2nc3cccnc3s2)c1. The molecule has 8 nitrogen and oxygen atoms in total.